The van der Waals surface area contributed by atoms with Crippen molar-refractivity contribution < 1.29 is 14.7 Å². The summed E-state index contributed by atoms with van der Waals surface area (Å²) in [5.74, 6) is -0.336. The second-order valence-electron chi connectivity index (χ2n) is 2.42. The van der Waals surface area contributed by atoms with Crippen molar-refractivity contribution in [2.75, 3.05) is 11.9 Å². The predicted octanol–water partition coefficient (Wildman–Crippen LogP) is 0.430. The summed E-state index contributed by atoms with van der Waals surface area (Å²) in [6.45, 7) is -0.500. The Morgan fingerprint density at radius 1 is 1.38 bits per heavy atom. The van der Waals surface area contributed by atoms with Crippen molar-refractivity contribution in [3.63, 3.8) is 0 Å². The standard InChI is InChI=1S/C9H9NO3/c11-5-9(13)7-1-3-8(4-2-7)10-6-12/h1-4,6,11H,5H2,(H,10,12). The molecule has 2 N–H and O–H groups in total. The van der Waals surface area contributed by atoms with E-state index in [0.29, 0.717) is 17.7 Å². The summed E-state index contributed by atoms with van der Waals surface area (Å²) in [6, 6.07) is 6.28. The van der Waals surface area contributed by atoms with E-state index in [-0.39, 0.29) is 5.78 Å². The Labute approximate surface area is 75.2 Å². The number of amides is 1. The highest BCUT2D eigenvalue weighted by Gasteiger charge is 2.02. The number of hydrogen-bond donors (Lipinski definition) is 2. The van der Waals surface area contributed by atoms with Crippen molar-refractivity contribution in [2.24, 2.45) is 0 Å². The lowest BCUT2D eigenvalue weighted by Crippen LogP contribution is -2.04. The fourth-order valence-electron chi connectivity index (χ4n) is 0.912. The van der Waals surface area contributed by atoms with E-state index in [4.69, 9.17) is 5.11 Å². The number of aliphatic hydroxyl groups excluding tert-OH is 1. The largest absolute Gasteiger partial charge is 0.388 e. The van der Waals surface area contributed by atoms with Gasteiger partial charge in [-0.2, -0.15) is 0 Å². The van der Waals surface area contributed by atoms with Gasteiger partial charge in [0, 0.05) is 11.3 Å². The van der Waals surface area contributed by atoms with Crippen LogP contribution in [0, 0.1) is 0 Å². The van der Waals surface area contributed by atoms with Gasteiger partial charge in [-0.15, -0.1) is 0 Å². The molecule has 0 radical (unpaired) electrons. The van der Waals surface area contributed by atoms with Crippen molar-refractivity contribution >= 4 is 17.9 Å². The van der Waals surface area contributed by atoms with Gasteiger partial charge in [0.05, 0.1) is 0 Å². The third-order valence-corrected chi connectivity index (χ3v) is 1.58. The average Bonchev–Trinajstić information content (AvgIpc) is 2.18. The van der Waals surface area contributed by atoms with Gasteiger partial charge in [0.25, 0.3) is 0 Å². The van der Waals surface area contributed by atoms with E-state index < -0.39 is 6.61 Å². The highest BCUT2D eigenvalue weighted by atomic mass is 16.3. The summed E-state index contributed by atoms with van der Waals surface area (Å²) in [6.07, 6.45) is 0.558. The third kappa shape index (κ3) is 2.38. The summed E-state index contributed by atoms with van der Waals surface area (Å²) in [7, 11) is 0. The Balaban J connectivity index is 2.80. The minimum atomic E-state index is -0.500. The molecule has 0 aliphatic heterocycles. The Morgan fingerprint density at radius 3 is 2.46 bits per heavy atom. The van der Waals surface area contributed by atoms with Crippen molar-refractivity contribution in [3.8, 4) is 0 Å². The number of carbonyl (C=O) groups is 2. The molecular formula is C9H9NO3. The molecule has 0 saturated heterocycles. The van der Waals surface area contributed by atoms with Crippen LogP contribution in [0.15, 0.2) is 24.3 Å². The summed E-state index contributed by atoms with van der Waals surface area (Å²) in [4.78, 5) is 21.0. The van der Waals surface area contributed by atoms with Crippen LogP contribution in [0.2, 0.25) is 0 Å². The lowest BCUT2D eigenvalue weighted by molar-refractivity contribution is -0.105. The van der Waals surface area contributed by atoms with Crippen LogP contribution in [0.3, 0.4) is 0 Å². The molecule has 0 aliphatic rings. The number of anilines is 1. The molecule has 0 spiro atoms. The van der Waals surface area contributed by atoms with Crippen LogP contribution in [0.25, 0.3) is 0 Å². The summed E-state index contributed by atoms with van der Waals surface area (Å²) in [5.41, 5.74) is 1.04. The van der Waals surface area contributed by atoms with Gasteiger partial charge in [-0.05, 0) is 24.3 Å². The first-order chi connectivity index (χ1) is 6.27. The number of benzene rings is 1. The maximum Gasteiger partial charge on any atom is 0.211 e. The molecule has 0 saturated carbocycles. The van der Waals surface area contributed by atoms with E-state index in [2.05, 4.69) is 5.32 Å². The zero-order valence-electron chi connectivity index (χ0n) is 6.86. The van der Waals surface area contributed by atoms with Gasteiger partial charge in [0.2, 0.25) is 6.41 Å². The quantitative estimate of drug-likeness (QED) is 0.520. The molecule has 68 valence electrons. The zero-order chi connectivity index (χ0) is 9.68. The third-order valence-electron chi connectivity index (χ3n) is 1.58. The molecule has 1 rings (SSSR count). The molecule has 1 amide bonds. The maximum atomic E-state index is 10.9. The van der Waals surface area contributed by atoms with E-state index in [1.54, 1.807) is 24.3 Å². The van der Waals surface area contributed by atoms with E-state index >= 15 is 0 Å². The van der Waals surface area contributed by atoms with Crippen LogP contribution >= 0.6 is 0 Å². The SMILES string of the molecule is O=CNc1ccc(C(=O)CO)cc1. The molecule has 0 unspecified atom stereocenters. The van der Waals surface area contributed by atoms with Crippen LogP contribution < -0.4 is 5.32 Å². The van der Waals surface area contributed by atoms with Crippen molar-refractivity contribution in [1.82, 2.24) is 0 Å². The monoisotopic (exact) mass is 179 g/mol. The molecular weight excluding hydrogens is 170 g/mol. The smallest absolute Gasteiger partial charge is 0.211 e. The number of ketones is 1. The number of aliphatic hydroxyl groups is 1. The van der Waals surface area contributed by atoms with Gasteiger partial charge < -0.3 is 10.4 Å². The molecule has 0 aliphatic carbocycles. The highest BCUT2D eigenvalue weighted by molar-refractivity contribution is 5.97. The Kier molecular flexibility index (Phi) is 3.16. The van der Waals surface area contributed by atoms with Crippen molar-refractivity contribution in [2.45, 2.75) is 0 Å². The molecule has 0 bridgehead atoms. The number of hydrogen-bond acceptors (Lipinski definition) is 3. The lowest BCUT2D eigenvalue weighted by atomic mass is 10.1. The van der Waals surface area contributed by atoms with Gasteiger partial charge in [0.1, 0.15) is 6.61 Å². The first kappa shape index (κ1) is 9.41. The van der Waals surface area contributed by atoms with Crippen LogP contribution in [-0.2, 0) is 4.79 Å². The number of Topliss-reactive ketones (excluding diaryl/α,β-unsaturated/α-hetero) is 1. The number of carbonyl (C=O) groups excluding carboxylic acids is 2. The Morgan fingerprint density at radius 2 is 2.00 bits per heavy atom. The lowest BCUT2D eigenvalue weighted by Gasteiger charge is -1.99. The van der Waals surface area contributed by atoms with Crippen LogP contribution in [0.1, 0.15) is 10.4 Å². The van der Waals surface area contributed by atoms with Gasteiger partial charge in [-0.1, -0.05) is 0 Å². The summed E-state index contributed by atoms with van der Waals surface area (Å²) < 4.78 is 0. The molecule has 0 fully saturated rings. The molecule has 4 heteroatoms. The predicted molar refractivity (Wildman–Crippen MR) is 47.5 cm³/mol. The molecule has 4 nitrogen and oxygen atoms in total. The van der Waals surface area contributed by atoms with Crippen LogP contribution in [0.4, 0.5) is 5.69 Å². The van der Waals surface area contributed by atoms with E-state index in [0.717, 1.165) is 0 Å². The second kappa shape index (κ2) is 4.37. The Bertz CT molecular complexity index is 305. The highest BCUT2D eigenvalue weighted by Crippen LogP contribution is 2.08. The minimum absolute atomic E-state index is 0.336. The topological polar surface area (TPSA) is 66.4 Å². The first-order valence-corrected chi connectivity index (χ1v) is 3.72. The van der Waals surface area contributed by atoms with E-state index in [1.807, 2.05) is 0 Å². The first-order valence-electron chi connectivity index (χ1n) is 3.72. The van der Waals surface area contributed by atoms with Gasteiger partial charge in [-0.25, -0.2) is 0 Å². The van der Waals surface area contributed by atoms with Crippen molar-refractivity contribution in [1.29, 1.82) is 0 Å². The number of nitrogens with one attached hydrogen (secondary N) is 1. The maximum absolute atomic E-state index is 10.9. The molecule has 1 aromatic rings. The second-order valence-corrected chi connectivity index (χ2v) is 2.42. The minimum Gasteiger partial charge on any atom is -0.388 e. The Hall–Kier alpha value is -1.68. The summed E-state index contributed by atoms with van der Waals surface area (Å²) in [5, 5.41) is 11.0. The molecule has 0 aromatic heterocycles. The molecule has 13 heavy (non-hydrogen) atoms. The molecule has 0 heterocycles. The van der Waals surface area contributed by atoms with E-state index in [1.165, 1.54) is 0 Å². The van der Waals surface area contributed by atoms with Crippen molar-refractivity contribution in [3.05, 3.63) is 29.8 Å². The van der Waals surface area contributed by atoms with Gasteiger partial charge >= 0.3 is 0 Å². The number of rotatable bonds is 4. The summed E-state index contributed by atoms with van der Waals surface area (Å²) >= 11 is 0. The molecule has 0 atom stereocenters. The van der Waals surface area contributed by atoms with Gasteiger partial charge in [0.15, 0.2) is 5.78 Å². The van der Waals surface area contributed by atoms with E-state index in [9.17, 15) is 9.59 Å². The zero-order valence-corrected chi connectivity index (χ0v) is 6.86. The normalized spacial score (nSPS) is 9.31. The van der Waals surface area contributed by atoms with Crippen LogP contribution in [0.5, 0.6) is 0 Å². The van der Waals surface area contributed by atoms with Gasteiger partial charge in [-0.3, -0.25) is 9.59 Å². The average molecular weight is 179 g/mol. The fourth-order valence-corrected chi connectivity index (χ4v) is 0.912. The molecule has 1 aromatic carbocycles. The fraction of sp³-hybridized carbons (Fsp3) is 0.111. The van der Waals surface area contributed by atoms with Crippen LogP contribution in [-0.4, -0.2) is 23.9 Å².